The molecule has 5 nitrogen and oxygen atoms in total. The number of nitrogens with one attached hydrogen (secondary N) is 1. The Hall–Kier alpha value is -2.14. The highest BCUT2D eigenvalue weighted by molar-refractivity contribution is 5.36. The second-order valence-electron chi connectivity index (χ2n) is 5.25. The molecule has 0 amide bonds. The lowest BCUT2D eigenvalue weighted by Crippen LogP contribution is -2.34. The van der Waals surface area contributed by atoms with E-state index in [2.05, 4.69) is 10.3 Å². The summed E-state index contributed by atoms with van der Waals surface area (Å²) < 4.78 is 7.48. The van der Waals surface area contributed by atoms with E-state index in [0.29, 0.717) is 5.75 Å². The molecular formula is C16H19N3O2. The number of hydrogen-bond acceptors (Lipinski definition) is 4. The predicted octanol–water partition coefficient (Wildman–Crippen LogP) is 1.67. The van der Waals surface area contributed by atoms with Crippen LogP contribution in [0.1, 0.15) is 18.5 Å². The van der Waals surface area contributed by atoms with Gasteiger partial charge in [-0.1, -0.05) is 0 Å². The highest BCUT2D eigenvalue weighted by atomic mass is 16.5. The number of hydrogen-bond donors (Lipinski definition) is 1. The zero-order valence-corrected chi connectivity index (χ0v) is 12.1. The van der Waals surface area contributed by atoms with Gasteiger partial charge in [-0.2, -0.15) is 0 Å². The van der Waals surface area contributed by atoms with E-state index in [1.165, 1.54) is 0 Å². The van der Waals surface area contributed by atoms with Crippen molar-refractivity contribution in [2.45, 2.75) is 25.9 Å². The summed E-state index contributed by atoms with van der Waals surface area (Å²) in [5, 5.41) is 3.30. The summed E-state index contributed by atoms with van der Waals surface area (Å²) in [6.45, 7) is 3.83. The van der Waals surface area contributed by atoms with Crippen LogP contribution >= 0.6 is 0 Å². The van der Waals surface area contributed by atoms with Crippen molar-refractivity contribution in [3.05, 3.63) is 52.7 Å². The third kappa shape index (κ3) is 3.13. The molecule has 1 aliphatic heterocycles. The summed E-state index contributed by atoms with van der Waals surface area (Å²) in [7, 11) is 0. The molecule has 0 atom stereocenters. The van der Waals surface area contributed by atoms with Crippen LogP contribution in [-0.2, 0) is 0 Å². The molecule has 110 valence electrons. The molecule has 21 heavy (non-hydrogen) atoms. The number of nitrogens with zero attached hydrogens (tertiary/aromatic N) is 2. The Morgan fingerprint density at radius 3 is 2.86 bits per heavy atom. The number of aryl methyl sites for hydroxylation is 1. The van der Waals surface area contributed by atoms with Crippen molar-refractivity contribution in [3.63, 3.8) is 0 Å². The standard InChI is InChI=1S/C16H19N3O2/c1-12-15(3-2-7-18-12)19-10-6-14(11-16(19)20)21-13-4-8-17-9-5-13/h2-3,6-7,10-11,13,17H,4-5,8-9H2,1H3. The van der Waals surface area contributed by atoms with E-state index in [1.54, 1.807) is 23.0 Å². The van der Waals surface area contributed by atoms with Gasteiger partial charge in [-0.3, -0.25) is 14.3 Å². The highest BCUT2D eigenvalue weighted by Crippen LogP contribution is 2.16. The highest BCUT2D eigenvalue weighted by Gasteiger charge is 2.15. The summed E-state index contributed by atoms with van der Waals surface area (Å²) in [6.07, 6.45) is 5.62. The Labute approximate surface area is 123 Å². The van der Waals surface area contributed by atoms with Gasteiger partial charge in [0.25, 0.3) is 5.56 Å². The van der Waals surface area contributed by atoms with Crippen molar-refractivity contribution in [1.29, 1.82) is 0 Å². The maximum Gasteiger partial charge on any atom is 0.258 e. The average Bonchev–Trinajstić information content (AvgIpc) is 2.50. The molecule has 1 fully saturated rings. The maximum absolute atomic E-state index is 12.3. The van der Waals surface area contributed by atoms with Gasteiger partial charge in [0.2, 0.25) is 0 Å². The number of aromatic nitrogens is 2. The molecule has 1 saturated heterocycles. The van der Waals surface area contributed by atoms with Crippen molar-refractivity contribution in [3.8, 4) is 11.4 Å². The lowest BCUT2D eigenvalue weighted by Gasteiger charge is -2.23. The van der Waals surface area contributed by atoms with Crippen LogP contribution < -0.4 is 15.6 Å². The minimum atomic E-state index is -0.0995. The van der Waals surface area contributed by atoms with Gasteiger partial charge in [-0.15, -0.1) is 0 Å². The third-order valence-electron chi connectivity index (χ3n) is 3.72. The Morgan fingerprint density at radius 2 is 2.14 bits per heavy atom. The number of rotatable bonds is 3. The van der Waals surface area contributed by atoms with Crippen LogP contribution in [0.5, 0.6) is 5.75 Å². The molecule has 2 aromatic rings. The zero-order chi connectivity index (χ0) is 14.7. The summed E-state index contributed by atoms with van der Waals surface area (Å²) >= 11 is 0. The molecule has 3 heterocycles. The third-order valence-corrected chi connectivity index (χ3v) is 3.72. The van der Waals surface area contributed by atoms with Crippen molar-refractivity contribution in [2.24, 2.45) is 0 Å². The zero-order valence-electron chi connectivity index (χ0n) is 12.1. The summed E-state index contributed by atoms with van der Waals surface area (Å²) in [5.41, 5.74) is 1.53. The molecule has 0 unspecified atom stereocenters. The van der Waals surface area contributed by atoms with Crippen molar-refractivity contribution in [2.75, 3.05) is 13.1 Å². The summed E-state index contributed by atoms with van der Waals surface area (Å²) in [4.78, 5) is 16.5. The molecule has 0 bridgehead atoms. The first-order chi connectivity index (χ1) is 10.2. The lowest BCUT2D eigenvalue weighted by molar-refractivity contribution is 0.162. The molecule has 0 radical (unpaired) electrons. The topological polar surface area (TPSA) is 56.1 Å². The first-order valence-electron chi connectivity index (χ1n) is 7.26. The van der Waals surface area contributed by atoms with E-state index in [9.17, 15) is 4.79 Å². The van der Waals surface area contributed by atoms with Gasteiger partial charge in [0.05, 0.1) is 11.4 Å². The van der Waals surface area contributed by atoms with Crippen LogP contribution in [0.25, 0.3) is 5.69 Å². The molecule has 0 saturated carbocycles. The van der Waals surface area contributed by atoms with Crippen LogP contribution in [0.15, 0.2) is 41.5 Å². The molecule has 0 aromatic carbocycles. The second-order valence-corrected chi connectivity index (χ2v) is 5.25. The summed E-state index contributed by atoms with van der Waals surface area (Å²) in [5.74, 6) is 0.643. The number of piperidine rings is 1. The van der Waals surface area contributed by atoms with Crippen LogP contribution in [0.4, 0.5) is 0 Å². The average molecular weight is 285 g/mol. The van der Waals surface area contributed by atoms with Gasteiger partial charge in [0, 0.05) is 18.5 Å². The molecule has 1 N–H and O–H groups in total. The normalized spacial score (nSPS) is 15.9. The van der Waals surface area contributed by atoms with Crippen LogP contribution in [0.3, 0.4) is 0 Å². The van der Waals surface area contributed by atoms with E-state index in [1.807, 2.05) is 25.1 Å². The van der Waals surface area contributed by atoms with Crippen LogP contribution in [0.2, 0.25) is 0 Å². The molecule has 0 spiro atoms. The van der Waals surface area contributed by atoms with Gasteiger partial charge < -0.3 is 10.1 Å². The van der Waals surface area contributed by atoms with Gasteiger partial charge in [-0.05, 0) is 51.1 Å². The molecule has 5 heteroatoms. The fourth-order valence-electron chi connectivity index (χ4n) is 2.57. The van der Waals surface area contributed by atoms with Gasteiger partial charge >= 0.3 is 0 Å². The lowest BCUT2D eigenvalue weighted by atomic mass is 10.1. The largest absolute Gasteiger partial charge is 0.490 e. The Bertz CT molecular complexity index is 675. The monoisotopic (exact) mass is 285 g/mol. The van der Waals surface area contributed by atoms with E-state index in [0.717, 1.165) is 37.3 Å². The van der Waals surface area contributed by atoms with Gasteiger partial charge in [0.15, 0.2) is 0 Å². The minimum Gasteiger partial charge on any atom is -0.490 e. The predicted molar refractivity (Wildman–Crippen MR) is 81.1 cm³/mol. The molecule has 0 aliphatic carbocycles. The van der Waals surface area contributed by atoms with E-state index in [-0.39, 0.29) is 11.7 Å². The Morgan fingerprint density at radius 1 is 1.33 bits per heavy atom. The fourth-order valence-corrected chi connectivity index (χ4v) is 2.57. The Kier molecular flexibility index (Phi) is 4.01. The number of pyridine rings is 2. The fraction of sp³-hybridized carbons (Fsp3) is 0.375. The molecule has 1 aliphatic rings. The van der Waals surface area contributed by atoms with Gasteiger partial charge in [-0.25, -0.2) is 0 Å². The van der Waals surface area contributed by atoms with E-state index < -0.39 is 0 Å². The molecular weight excluding hydrogens is 266 g/mol. The van der Waals surface area contributed by atoms with E-state index >= 15 is 0 Å². The smallest absolute Gasteiger partial charge is 0.258 e. The van der Waals surface area contributed by atoms with Crippen molar-refractivity contribution in [1.82, 2.24) is 14.9 Å². The Balaban J connectivity index is 1.83. The van der Waals surface area contributed by atoms with Gasteiger partial charge in [0.1, 0.15) is 11.9 Å². The van der Waals surface area contributed by atoms with Crippen LogP contribution in [0, 0.1) is 6.92 Å². The minimum absolute atomic E-state index is 0.0995. The second kappa shape index (κ2) is 6.10. The SMILES string of the molecule is Cc1ncccc1-n1ccc(OC2CCNCC2)cc1=O. The first-order valence-corrected chi connectivity index (χ1v) is 7.26. The number of ether oxygens (including phenoxy) is 1. The maximum atomic E-state index is 12.3. The van der Waals surface area contributed by atoms with E-state index in [4.69, 9.17) is 4.74 Å². The van der Waals surface area contributed by atoms with Crippen molar-refractivity contribution < 1.29 is 4.74 Å². The van der Waals surface area contributed by atoms with Crippen LogP contribution in [-0.4, -0.2) is 28.7 Å². The molecule has 3 rings (SSSR count). The first kappa shape index (κ1) is 13.8. The van der Waals surface area contributed by atoms with Crippen molar-refractivity contribution >= 4 is 0 Å². The molecule has 2 aromatic heterocycles. The quantitative estimate of drug-likeness (QED) is 0.932. The summed E-state index contributed by atoms with van der Waals surface area (Å²) in [6, 6.07) is 7.11.